The first kappa shape index (κ1) is 11.8. The quantitative estimate of drug-likeness (QED) is 0.200. The predicted molar refractivity (Wildman–Crippen MR) is 43.8 cm³/mol. The number of aliphatic hydroxyl groups excluding tert-OH is 4. The lowest BCUT2D eigenvalue weighted by molar-refractivity contribution is -0.298. The van der Waals surface area contributed by atoms with Gasteiger partial charge in [-0.05, 0) is 6.92 Å². The van der Waals surface area contributed by atoms with Gasteiger partial charge in [-0.1, -0.05) is 0 Å². The highest BCUT2D eigenvalue weighted by molar-refractivity contribution is 5.11. The van der Waals surface area contributed by atoms with Crippen LogP contribution in [0.4, 0.5) is 0 Å². The predicted octanol–water partition coefficient (Wildman–Crippen LogP) is -4.16. The molecule has 1 fully saturated rings. The number of rotatable bonds is 0. The van der Waals surface area contributed by atoms with Crippen LogP contribution in [0.5, 0.6) is 0 Å². The van der Waals surface area contributed by atoms with Crippen LogP contribution in [0.3, 0.4) is 0 Å². The lowest BCUT2D eigenvalue weighted by Gasteiger charge is -2.50. The molecule has 0 aliphatic heterocycles. The van der Waals surface area contributed by atoms with Gasteiger partial charge in [0, 0.05) is 0 Å². The van der Waals surface area contributed by atoms with Crippen LogP contribution in [-0.2, 0) is 0 Å². The van der Waals surface area contributed by atoms with Crippen LogP contribution in [0.1, 0.15) is 6.92 Å². The zero-order valence-corrected chi connectivity index (χ0v) is 7.57. The maximum absolute atomic E-state index is 9.52. The Kier molecular flexibility index (Phi) is 2.62. The van der Waals surface area contributed by atoms with Crippen LogP contribution in [0.15, 0.2) is 0 Å². The minimum absolute atomic E-state index is 0.995. The zero-order valence-electron chi connectivity index (χ0n) is 7.57. The molecule has 7 heteroatoms. The van der Waals surface area contributed by atoms with Crippen molar-refractivity contribution in [3.05, 3.63) is 0 Å². The van der Waals surface area contributed by atoms with Crippen LogP contribution in [-0.4, -0.2) is 66.4 Å². The molecule has 0 saturated heterocycles. The minimum atomic E-state index is -2.57. The second-order valence-corrected chi connectivity index (χ2v) is 3.90. The third kappa shape index (κ3) is 1.34. The molecule has 0 bridgehead atoms. The van der Waals surface area contributed by atoms with E-state index in [4.69, 9.17) is 5.73 Å². The van der Waals surface area contributed by atoms with E-state index in [-0.39, 0.29) is 0 Å². The van der Waals surface area contributed by atoms with Gasteiger partial charge in [0.05, 0.1) is 0 Å². The largest absolute Gasteiger partial charge is 0.387 e. The highest BCUT2D eigenvalue weighted by atomic mass is 16.4. The van der Waals surface area contributed by atoms with E-state index in [0.717, 1.165) is 6.92 Å². The number of aliphatic hydroxyl groups is 6. The first-order chi connectivity index (χ1) is 6.13. The van der Waals surface area contributed by atoms with Gasteiger partial charge in [0.25, 0.3) is 0 Å². The van der Waals surface area contributed by atoms with Crippen molar-refractivity contribution in [1.82, 2.24) is 0 Å². The fourth-order valence-corrected chi connectivity index (χ4v) is 1.58. The van der Waals surface area contributed by atoms with Gasteiger partial charge in [-0.15, -0.1) is 0 Å². The minimum Gasteiger partial charge on any atom is -0.387 e. The SMILES string of the molecule is C[C@@]1(O)[C@@H](O)[C@@](N)(O)[C@@H](O)[C@@H](O)[C@@H]1O. The molecule has 84 valence electrons. The molecule has 1 aliphatic carbocycles. The van der Waals surface area contributed by atoms with E-state index in [1.54, 1.807) is 0 Å². The van der Waals surface area contributed by atoms with E-state index >= 15 is 0 Å². The van der Waals surface area contributed by atoms with Crippen LogP contribution in [0, 0.1) is 0 Å². The molecule has 0 aromatic carbocycles. The normalized spacial score (nSPS) is 60.0. The summed E-state index contributed by atoms with van der Waals surface area (Å²) in [5.74, 6) is 0. The van der Waals surface area contributed by atoms with E-state index in [1.807, 2.05) is 0 Å². The van der Waals surface area contributed by atoms with Crippen molar-refractivity contribution < 1.29 is 30.6 Å². The Labute approximate surface area is 80.0 Å². The second-order valence-electron chi connectivity index (χ2n) is 3.90. The van der Waals surface area contributed by atoms with E-state index in [2.05, 4.69) is 0 Å². The molecule has 0 amide bonds. The summed E-state index contributed by atoms with van der Waals surface area (Å²) in [6.45, 7) is 0.995. The molecule has 0 aromatic rings. The van der Waals surface area contributed by atoms with Gasteiger partial charge in [0.2, 0.25) is 0 Å². The van der Waals surface area contributed by atoms with Gasteiger partial charge in [-0.2, -0.15) is 0 Å². The summed E-state index contributed by atoms with van der Waals surface area (Å²) in [7, 11) is 0. The van der Waals surface area contributed by atoms with E-state index < -0.39 is 35.7 Å². The van der Waals surface area contributed by atoms with Crippen molar-refractivity contribution in [2.45, 2.75) is 42.7 Å². The summed E-state index contributed by atoms with van der Waals surface area (Å²) in [4.78, 5) is 0. The van der Waals surface area contributed by atoms with Crippen LogP contribution < -0.4 is 5.73 Å². The molecule has 0 spiro atoms. The number of hydrogen-bond donors (Lipinski definition) is 7. The smallest absolute Gasteiger partial charge is 0.171 e. The Hall–Kier alpha value is -0.280. The molecule has 1 saturated carbocycles. The molecule has 0 radical (unpaired) electrons. The van der Waals surface area contributed by atoms with Crippen LogP contribution >= 0.6 is 0 Å². The van der Waals surface area contributed by atoms with Gasteiger partial charge in [0.15, 0.2) is 5.72 Å². The van der Waals surface area contributed by atoms with Crippen LogP contribution in [0.2, 0.25) is 0 Å². The summed E-state index contributed by atoms with van der Waals surface area (Å²) in [6, 6.07) is 0. The van der Waals surface area contributed by atoms with Gasteiger partial charge in [-0.3, -0.25) is 5.73 Å². The lowest BCUT2D eigenvalue weighted by Crippen LogP contribution is -2.78. The fraction of sp³-hybridized carbons (Fsp3) is 1.00. The molecule has 1 rings (SSSR count). The highest BCUT2D eigenvalue weighted by Crippen LogP contribution is 2.33. The summed E-state index contributed by atoms with van der Waals surface area (Å²) in [6.07, 6.45) is -7.53. The molecule has 0 heterocycles. The van der Waals surface area contributed by atoms with Crippen molar-refractivity contribution in [2.24, 2.45) is 5.73 Å². The van der Waals surface area contributed by atoms with Gasteiger partial charge < -0.3 is 30.6 Å². The van der Waals surface area contributed by atoms with Crippen molar-refractivity contribution in [3.63, 3.8) is 0 Å². The molecule has 6 atom stereocenters. The summed E-state index contributed by atoms with van der Waals surface area (Å²) in [5.41, 5.74) is 0.358. The molecule has 0 unspecified atom stereocenters. The molecule has 7 nitrogen and oxygen atoms in total. The first-order valence-electron chi connectivity index (χ1n) is 4.09. The van der Waals surface area contributed by atoms with Gasteiger partial charge in [-0.25, -0.2) is 0 Å². The summed E-state index contributed by atoms with van der Waals surface area (Å²) >= 11 is 0. The topological polar surface area (TPSA) is 147 Å². The fourth-order valence-electron chi connectivity index (χ4n) is 1.58. The highest BCUT2D eigenvalue weighted by Gasteiger charge is 2.61. The Morgan fingerprint density at radius 2 is 1.43 bits per heavy atom. The van der Waals surface area contributed by atoms with Crippen molar-refractivity contribution in [3.8, 4) is 0 Å². The first-order valence-corrected chi connectivity index (χ1v) is 4.09. The monoisotopic (exact) mass is 209 g/mol. The van der Waals surface area contributed by atoms with Crippen molar-refractivity contribution in [1.29, 1.82) is 0 Å². The summed E-state index contributed by atoms with van der Waals surface area (Å²) in [5, 5.41) is 56.0. The molecule has 8 N–H and O–H groups in total. The average molecular weight is 209 g/mol. The third-order valence-electron chi connectivity index (χ3n) is 2.71. The molecule has 0 aromatic heterocycles. The summed E-state index contributed by atoms with van der Waals surface area (Å²) < 4.78 is 0. The Balaban J connectivity index is 3.09. The zero-order chi connectivity index (χ0) is 11.3. The maximum Gasteiger partial charge on any atom is 0.171 e. The second kappa shape index (κ2) is 3.11. The molecular formula is C7H15NO6. The molecule has 14 heavy (non-hydrogen) atoms. The lowest BCUT2D eigenvalue weighted by atomic mass is 9.73. The Morgan fingerprint density at radius 3 is 1.86 bits per heavy atom. The number of nitrogens with two attached hydrogens (primary N) is 1. The third-order valence-corrected chi connectivity index (χ3v) is 2.71. The molecular weight excluding hydrogens is 194 g/mol. The van der Waals surface area contributed by atoms with Crippen molar-refractivity contribution in [2.75, 3.05) is 0 Å². The van der Waals surface area contributed by atoms with Crippen LogP contribution in [0.25, 0.3) is 0 Å². The standard InChI is InChI=1S/C7H15NO6/c1-6(13)3(10)2(9)4(11)7(8,14)5(6)12/h2-5,9-14H,8H2,1H3/t2-,3-,4-,5+,6-,7-/m0/s1. The molecule has 1 aliphatic rings. The Morgan fingerprint density at radius 1 is 1.00 bits per heavy atom. The van der Waals surface area contributed by atoms with Gasteiger partial charge >= 0.3 is 0 Å². The van der Waals surface area contributed by atoms with Gasteiger partial charge in [0.1, 0.15) is 30.0 Å². The maximum atomic E-state index is 9.52. The van der Waals surface area contributed by atoms with Crippen molar-refractivity contribution >= 4 is 0 Å². The average Bonchev–Trinajstić information content (AvgIpc) is 2.11. The van der Waals surface area contributed by atoms with E-state index in [0.29, 0.717) is 0 Å². The van der Waals surface area contributed by atoms with E-state index in [1.165, 1.54) is 0 Å². The Bertz CT molecular complexity index is 208. The number of hydrogen-bond acceptors (Lipinski definition) is 7. The van der Waals surface area contributed by atoms with E-state index in [9.17, 15) is 30.6 Å².